The van der Waals surface area contributed by atoms with Gasteiger partial charge in [-0.1, -0.05) is 49.4 Å². The average Bonchev–Trinajstić information content (AvgIpc) is 3.55. The zero-order valence-electron chi connectivity index (χ0n) is 24.5. The molecule has 2 heterocycles. The van der Waals surface area contributed by atoms with E-state index in [1.54, 1.807) is 11.9 Å². The molecule has 3 atom stereocenters. The molecule has 0 unspecified atom stereocenters. The Morgan fingerprint density at radius 2 is 1.76 bits per heavy atom. The molecule has 0 saturated carbocycles. The third kappa shape index (κ3) is 5.30. The molecule has 2 aliphatic rings. The molecule has 1 aromatic heterocycles. The largest absolute Gasteiger partial charge is 0.361 e. The van der Waals surface area contributed by atoms with E-state index in [-0.39, 0.29) is 35.1 Å². The van der Waals surface area contributed by atoms with Crippen LogP contribution in [0.2, 0.25) is 0 Å². The molecule has 1 saturated heterocycles. The minimum atomic E-state index is -0.741. The van der Waals surface area contributed by atoms with E-state index in [4.69, 9.17) is 5.73 Å². The second-order valence-electron chi connectivity index (χ2n) is 11.9. The van der Waals surface area contributed by atoms with E-state index in [1.807, 2.05) is 68.5 Å². The zero-order valence-corrected chi connectivity index (χ0v) is 24.5. The third-order valence-corrected chi connectivity index (χ3v) is 9.24. The Morgan fingerprint density at radius 1 is 1.07 bits per heavy atom. The zero-order chi connectivity index (χ0) is 29.3. The van der Waals surface area contributed by atoms with Gasteiger partial charge in [0.05, 0.1) is 5.92 Å². The Balaban J connectivity index is 1.38. The van der Waals surface area contributed by atoms with Crippen LogP contribution in [0.1, 0.15) is 54.7 Å². The van der Waals surface area contributed by atoms with Gasteiger partial charge in [-0.15, -0.1) is 0 Å². The summed E-state index contributed by atoms with van der Waals surface area (Å²) in [6.45, 7) is 3.88. The number of H-pyrrole nitrogens is 1. The molecule has 9 heteroatoms. The molecule has 1 aliphatic carbocycles. The molecule has 1 fully saturated rings. The van der Waals surface area contributed by atoms with Crippen LogP contribution < -0.4 is 11.1 Å². The molecule has 9 nitrogen and oxygen atoms in total. The molecular formula is C32H42N6O3. The molecule has 4 N–H and O–H groups in total. The number of aromatic nitrogens is 1. The number of nitrogens with one attached hydrogen (secondary N) is 2. The number of likely N-dealkylation sites (tertiary alicyclic amines) is 1. The Labute approximate surface area is 242 Å². The fourth-order valence-electron chi connectivity index (χ4n) is 6.84. The Morgan fingerprint density at radius 3 is 2.46 bits per heavy atom. The van der Waals surface area contributed by atoms with Crippen LogP contribution in [0.5, 0.6) is 0 Å². The topological polar surface area (TPSA) is 115 Å². The number of amides is 4. The highest BCUT2D eigenvalue weighted by Crippen LogP contribution is 2.52. The molecule has 0 bridgehead atoms. The van der Waals surface area contributed by atoms with Crippen LogP contribution in [0.25, 0.3) is 10.9 Å². The number of hydrogen-bond acceptors (Lipinski definition) is 4. The molecule has 218 valence electrons. The predicted molar refractivity (Wildman–Crippen MR) is 161 cm³/mol. The smallest absolute Gasteiger partial charge is 0.317 e. The van der Waals surface area contributed by atoms with E-state index in [2.05, 4.69) is 22.4 Å². The van der Waals surface area contributed by atoms with Gasteiger partial charge >= 0.3 is 6.03 Å². The summed E-state index contributed by atoms with van der Waals surface area (Å²) in [5.74, 6) is -0.376. The highest BCUT2D eigenvalue weighted by Gasteiger charge is 2.49. The lowest BCUT2D eigenvalue weighted by Gasteiger charge is -2.42. The van der Waals surface area contributed by atoms with Crippen LogP contribution in [0.3, 0.4) is 0 Å². The van der Waals surface area contributed by atoms with Crippen LogP contribution in [0.4, 0.5) is 4.79 Å². The van der Waals surface area contributed by atoms with Crippen molar-refractivity contribution in [1.29, 1.82) is 0 Å². The lowest BCUT2D eigenvalue weighted by atomic mass is 9.73. The second-order valence-corrected chi connectivity index (χ2v) is 11.9. The van der Waals surface area contributed by atoms with E-state index in [1.165, 1.54) is 10.5 Å². The number of carbonyl (C=O) groups excluding carboxylic acids is 3. The summed E-state index contributed by atoms with van der Waals surface area (Å²) in [6.07, 6.45) is 4.26. The highest BCUT2D eigenvalue weighted by atomic mass is 16.2. The minimum absolute atomic E-state index is 0.0840. The molecule has 3 aromatic rings. The highest BCUT2D eigenvalue weighted by molar-refractivity contribution is 5.90. The summed E-state index contributed by atoms with van der Waals surface area (Å²) in [7, 11) is 5.31. The molecule has 0 radical (unpaired) electrons. The monoisotopic (exact) mass is 558 g/mol. The molecule has 1 aliphatic heterocycles. The number of rotatable bonds is 7. The first-order chi connectivity index (χ1) is 19.7. The standard InChI is InChI=1S/C32H42N6O3/c1-21(25-20-34-27-12-8-6-10-23(25)27)28(35-31(41)37(4)18-15-33)30(40)38-16-13-32(14-17-38)19-24(29(39)36(2)3)22-9-5-7-11-26(22)32/h5-12,20-21,24,28,34H,13-19,33H2,1-4H3,(H,35,41)/t21-,24-,28-/m1/s1. The minimum Gasteiger partial charge on any atom is -0.361 e. The first-order valence-corrected chi connectivity index (χ1v) is 14.5. The Bertz CT molecular complexity index is 1420. The number of likely N-dealkylation sites (N-methyl/N-ethyl adjacent to an activating group) is 2. The van der Waals surface area contributed by atoms with Crippen molar-refractivity contribution in [3.63, 3.8) is 0 Å². The molecular weight excluding hydrogens is 516 g/mol. The number of piperidine rings is 1. The van der Waals surface area contributed by atoms with E-state index in [0.717, 1.165) is 41.3 Å². The van der Waals surface area contributed by atoms with Crippen molar-refractivity contribution in [3.8, 4) is 0 Å². The van der Waals surface area contributed by atoms with Crippen molar-refractivity contribution in [1.82, 2.24) is 25.0 Å². The summed E-state index contributed by atoms with van der Waals surface area (Å²) >= 11 is 0. The number of carbonyl (C=O) groups is 3. The Kier molecular flexibility index (Phi) is 8.09. The Hall–Kier alpha value is -3.85. The van der Waals surface area contributed by atoms with Gasteiger partial charge < -0.3 is 30.7 Å². The lowest BCUT2D eigenvalue weighted by molar-refractivity contribution is -0.136. The SMILES string of the molecule is C[C@H](c1c[nH]c2ccccc12)[C@@H](NC(=O)N(C)CCN)C(=O)N1CCC2(CC1)C[C@@H](C(=O)N(C)C)c1ccccc12. The lowest BCUT2D eigenvalue weighted by Crippen LogP contribution is -2.56. The summed E-state index contributed by atoms with van der Waals surface area (Å²) in [4.78, 5) is 48.8. The summed E-state index contributed by atoms with van der Waals surface area (Å²) in [5.41, 5.74) is 9.90. The first-order valence-electron chi connectivity index (χ1n) is 14.5. The number of hydrogen-bond donors (Lipinski definition) is 3. The first kappa shape index (κ1) is 28.7. The second kappa shape index (κ2) is 11.6. The van der Waals surface area contributed by atoms with E-state index >= 15 is 0 Å². The van der Waals surface area contributed by atoms with E-state index in [9.17, 15) is 14.4 Å². The summed E-state index contributed by atoms with van der Waals surface area (Å²) < 4.78 is 0. The van der Waals surface area contributed by atoms with Gasteiger partial charge in [-0.3, -0.25) is 9.59 Å². The van der Waals surface area contributed by atoms with Crippen molar-refractivity contribution in [3.05, 3.63) is 71.4 Å². The molecule has 5 rings (SSSR count). The number of fused-ring (bicyclic) bond motifs is 3. The summed E-state index contributed by atoms with van der Waals surface area (Å²) in [6, 6.07) is 15.2. The van der Waals surface area contributed by atoms with Crippen molar-refractivity contribution in [2.45, 2.75) is 49.5 Å². The third-order valence-electron chi connectivity index (χ3n) is 9.24. The van der Waals surface area contributed by atoms with E-state index in [0.29, 0.717) is 26.2 Å². The van der Waals surface area contributed by atoms with Crippen molar-refractivity contribution >= 4 is 28.7 Å². The number of urea groups is 1. The van der Waals surface area contributed by atoms with Gasteiger partial charge in [0.15, 0.2) is 0 Å². The van der Waals surface area contributed by atoms with Gasteiger partial charge in [0.25, 0.3) is 0 Å². The quantitative estimate of drug-likeness (QED) is 0.412. The van der Waals surface area contributed by atoms with Gasteiger partial charge in [-0.05, 0) is 42.0 Å². The van der Waals surface area contributed by atoms with Crippen LogP contribution in [0, 0.1) is 0 Å². The van der Waals surface area contributed by atoms with Crippen LogP contribution in [-0.2, 0) is 15.0 Å². The van der Waals surface area contributed by atoms with Gasteiger partial charge in [0.1, 0.15) is 6.04 Å². The molecule has 1 spiro atoms. The average molecular weight is 559 g/mol. The van der Waals surface area contributed by atoms with Crippen molar-refractivity contribution < 1.29 is 14.4 Å². The normalized spacial score (nSPS) is 19.0. The summed E-state index contributed by atoms with van der Waals surface area (Å²) in [5, 5.41) is 4.08. The molecule has 41 heavy (non-hydrogen) atoms. The number of aromatic amines is 1. The van der Waals surface area contributed by atoms with Crippen LogP contribution >= 0.6 is 0 Å². The van der Waals surface area contributed by atoms with Gasteiger partial charge in [-0.2, -0.15) is 0 Å². The van der Waals surface area contributed by atoms with E-state index < -0.39 is 6.04 Å². The van der Waals surface area contributed by atoms with Crippen molar-refractivity contribution in [2.24, 2.45) is 5.73 Å². The number of nitrogens with two attached hydrogens (primary N) is 1. The fraction of sp³-hybridized carbons (Fsp3) is 0.469. The van der Waals surface area contributed by atoms with Crippen LogP contribution in [0.15, 0.2) is 54.7 Å². The van der Waals surface area contributed by atoms with Gasteiger partial charge in [-0.25, -0.2) is 4.79 Å². The van der Waals surface area contributed by atoms with Crippen molar-refractivity contribution in [2.75, 3.05) is 47.3 Å². The number of nitrogens with zero attached hydrogens (tertiary/aromatic N) is 3. The van der Waals surface area contributed by atoms with Gasteiger partial charge in [0, 0.05) is 75.8 Å². The maximum absolute atomic E-state index is 14.2. The molecule has 2 aromatic carbocycles. The predicted octanol–water partition coefficient (Wildman–Crippen LogP) is 3.38. The fourth-order valence-corrected chi connectivity index (χ4v) is 6.84. The maximum atomic E-state index is 14.2. The number of para-hydroxylation sites is 1. The number of benzene rings is 2. The van der Waals surface area contributed by atoms with Crippen LogP contribution in [-0.4, -0.2) is 90.9 Å². The molecule has 4 amide bonds. The van der Waals surface area contributed by atoms with Gasteiger partial charge in [0.2, 0.25) is 11.8 Å². The maximum Gasteiger partial charge on any atom is 0.317 e.